The Morgan fingerprint density at radius 3 is 2.63 bits per heavy atom. The molecule has 1 amide bonds. The van der Waals surface area contributed by atoms with E-state index in [2.05, 4.69) is 21.2 Å². The maximum atomic E-state index is 13.6. The average molecular weight is 323 g/mol. The van der Waals surface area contributed by atoms with Crippen LogP contribution in [0.25, 0.3) is 0 Å². The molecule has 0 saturated carbocycles. The fraction of sp³-hybridized carbons (Fsp3) is 0.0714. The summed E-state index contributed by atoms with van der Waals surface area (Å²) >= 11 is 3.14. The van der Waals surface area contributed by atoms with Crippen molar-refractivity contribution in [1.82, 2.24) is 0 Å². The third-order valence-electron chi connectivity index (χ3n) is 2.63. The van der Waals surface area contributed by atoms with Gasteiger partial charge in [-0.15, -0.1) is 0 Å². The highest BCUT2D eigenvalue weighted by atomic mass is 79.9. The standard InChI is InChI=1S/C14H12BrFN2O/c1-8-2-5-13(12(17)6-8)18-14(19)10-4-3-9(15)7-11(10)16/h2-7H,17H2,1H3,(H,18,19). The first-order valence-corrected chi connectivity index (χ1v) is 6.39. The van der Waals surface area contributed by atoms with Gasteiger partial charge in [0.05, 0.1) is 16.9 Å². The molecule has 19 heavy (non-hydrogen) atoms. The minimum Gasteiger partial charge on any atom is -0.397 e. The van der Waals surface area contributed by atoms with Crippen LogP contribution >= 0.6 is 15.9 Å². The van der Waals surface area contributed by atoms with E-state index in [1.165, 1.54) is 12.1 Å². The number of aryl methyl sites for hydroxylation is 1. The quantitative estimate of drug-likeness (QED) is 0.828. The van der Waals surface area contributed by atoms with Crippen LogP contribution in [0, 0.1) is 12.7 Å². The van der Waals surface area contributed by atoms with Crippen LogP contribution in [0.2, 0.25) is 0 Å². The highest BCUT2D eigenvalue weighted by Crippen LogP contribution is 2.21. The first-order valence-electron chi connectivity index (χ1n) is 5.60. The number of nitrogen functional groups attached to an aromatic ring is 1. The zero-order valence-electron chi connectivity index (χ0n) is 10.2. The molecule has 0 radical (unpaired) electrons. The number of nitrogens with two attached hydrogens (primary N) is 1. The Bertz CT molecular complexity index is 643. The molecule has 98 valence electrons. The predicted molar refractivity (Wildman–Crippen MR) is 77.6 cm³/mol. The highest BCUT2D eigenvalue weighted by Gasteiger charge is 2.13. The average Bonchev–Trinajstić information content (AvgIpc) is 2.32. The van der Waals surface area contributed by atoms with Crippen molar-refractivity contribution in [3.63, 3.8) is 0 Å². The van der Waals surface area contributed by atoms with Crippen LogP contribution in [0.5, 0.6) is 0 Å². The molecule has 5 heteroatoms. The summed E-state index contributed by atoms with van der Waals surface area (Å²) in [6.45, 7) is 1.90. The Morgan fingerprint density at radius 1 is 1.26 bits per heavy atom. The monoisotopic (exact) mass is 322 g/mol. The molecule has 0 fully saturated rings. The van der Waals surface area contributed by atoms with Crippen LogP contribution < -0.4 is 11.1 Å². The van der Waals surface area contributed by atoms with Gasteiger partial charge in [0.15, 0.2) is 0 Å². The molecule has 0 aliphatic carbocycles. The lowest BCUT2D eigenvalue weighted by molar-refractivity contribution is 0.102. The minimum absolute atomic E-state index is 0.0248. The zero-order valence-corrected chi connectivity index (χ0v) is 11.8. The molecule has 2 rings (SSSR count). The van der Waals surface area contributed by atoms with Crippen LogP contribution in [-0.2, 0) is 0 Å². The van der Waals surface area contributed by atoms with Crippen molar-refractivity contribution in [3.8, 4) is 0 Å². The topological polar surface area (TPSA) is 55.1 Å². The van der Waals surface area contributed by atoms with Crippen molar-refractivity contribution in [1.29, 1.82) is 0 Å². The minimum atomic E-state index is -0.586. The van der Waals surface area contributed by atoms with Gasteiger partial charge in [-0.25, -0.2) is 4.39 Å². The molecular formula is C14H12BrFN2O. The molecule has 3 nitrogen and oxygen atoms in total. The number of amides is 1. The SMILES string of the molecule is Cc1ccc(NC(=O)c2ccc(Br)cc2F)c(N)c1. The second kappa shape index (κ2) is 5.40. The summed E-state index contributed by atoms with van der Waals surface area (Å²) in [5.41, 5.74) is 7.68. The lowest BCUT2D eigenvalue weighted by atomic mass is 10.1. The first-order chi connectivity index (χ1) is 8.97. The van der Waals surface area contributed by atoms with E-state index in [0.29, 0.717) is 15.8 Å². The predicted octanol–water partition coefficient (Wildman–Crippen LogP) is 3.73. The number of halogens is 2. The van der Waals surface area contributed by atoms with Gasteiger partial charge in [-0.3, -0.25) is 4.79 Å². The van der Waals surface area contributed by atoms with Crippen LogP contribution in [0.15, 0.2) is 40.9 Å². The van der Waals surface area contributed by atoms with E-state index in [-0.39, 0.29) is 5.56 Å². The van der Waals surface area contributed by atoms with Crippen molar-refractivity contribution in [2.45, 2.75) is 6.92 Å². The second-order valence-electron chi connectivity index (χ2n) is 4.17. The van der Waals surface area contributed by atoms with Crippen molar-refractivity contribution < 1.29 is 9.18 Å². The van der Waals surface area contributed by atoms with Gasteiger partial charge in [-0.05, 0) is 42.8 Å². The number of hydrogen-bond acceptors (Lipinski definition) is 2. The number of carbonyl (C=O) groups is 1. The summed E-state index contributed by atoms with van der Waals surface area (Å²) in [7, 11) is 0. The third kappa shape index (κ3) is 3.12. The van der Waals surface area contributed by atoms with E-state index in [9.17, 15) is 9.18 Å². The molecule has 0 aromatic heterocycles. The summed E-state index contributed by atoms with van der Waals surface area (Å²) in [4.78, 5) is 12.0. The molecular weight excluding hydrogens is 311 g/mol. The van der Waals surface area contributed by atoms with Crippen LogP contribution in [-0.4, -0.2) is 5.91 Å². The Balaban J connectivity index is 2.25. The number of carbonyl (C=O) groups excluding carboxylic acids is 1. The van der Waals surface area contributed by atoms with E-state index in [1.807, 2.05) is 13.0 Å². The number of benzene rings is 2. The summed E-state index contributed by atoms with van der Waals surface area (Å²) < 4.78 is 14.2. The van der Waals surface area contributed by atoms with Gasteiger partial charge in [-0.1, -0.05) is 22.0 Å². The maximum Gasteiger partial charge on any atom is 0.258 e. The van der Waals surface area contributed by atoms with Gasteiger partial charge in [0.2, 0.25) is 0 Å². The van der Waals surface area contributed by atoms with Crippen LogP contribution in [0.1, 0.15) is 15.9 Å². The molecule has 0 aliphatic heterocycles. The molecule has 0 bridgehead atoms. The Kier molecular flexibility index (Phi) is 3.85. The van der Waals surface area contributed by atoms with Gasteiger partial charge >= 0.3 is 0 Å². The molecule has 2 aromatic carbocycles. The molecule has 2 aromatic rings. The van der Waals surface area contributed by atoms with Crippen molar-refractivity contribution in [2.75, 3.05) is 11.1 Å². The smallest absolute Gasteiger partial charge is 0.258 e. The van der Waals surface area contributed by atoms with E-state index in [0.717, 1.165) is 5.56 Å². The number of hydrogen-bond donors (Lipinski definition) is 2. The van der Waals surface area contributed by atoms with Gasteiger partial charge in [-0.2, -0.15) is 0 Å². The number of anilines is 2. The van der Waals surface area contributed by atoms with E-state index in [4.69, 9.17) is 5.73 Å². The van der Waals surface area contributed by atoms with E-state index < -0.39 is 11.7 Å². The molecule has 3 N–H and O–H groups in total. The van der Waals surface area contributed by atoms with Gasteiger partial charge in [0, 0.05) is 4.47 Å². The van der Waals surface area contributed by atoms with Crippen molar-refractivity contribution in [3.05, 3.63) is 57.8 Å². The Hall–Kier alpha value is -1.88. The molecule has 0 unspecified atom stereocenters. The molecule has 0 saturated heterocycles. The van der Waals surface area contributed by atoms with Gasteiger partial charge in [0.25, 0.3) is 5.91 Å². The normalized spacial score (nSPS) is 10.3. The van der Waals surface area contributed by atoms with E-state index in [1.54, 1.807) is 18.2 Å². The third-order valence-corrected chi connectivity index (χ3v) is 3.12. The second-order valence-corrected chi connectivity index (χ2v) is 5.08. The van der Waals surface area contributed by atoms with E-state index >= 15 is 0 Å². The van der Waals surface area contributed by atoms with Gasteiger partial charge in [0.1, 0.15) is 5.82 Å². The maximum absolute atomic E-state index is 13.6. The van der Waals surface area contributed by atoms with Crippen molar-refractivity contribution >= 4 is 33.2 Å². The largest absolute Gasteiger partial charge is 0.397 e. The lowest BCUT2D eigenvalue weighted by Crippen LogP contribution is -2.14. The molecule has 0 atom stereocenters. The molecule has 0 aliphatic rings. The lowest BCUT2D eigenvalue weighted by Gasteiger charge is -2.09. The highest BCUT2D eigenvalue weighted by molar-refractivity contribution is 9.10. The Morgan fingerprint density at radius 2 is 2.00 bits per heavy atom. The summed E-state index contributed by atoms with van der Waals surface area (Å²) in [5.74, 6) is -1.11. The summed E-state index contributed by atoms with van der Waals surface area (Å²) in [5, 5.41) is 2.59. The molecule has 0 heterocycles. The Labute approximate surface area is 118 Å². The summed E-state index contributed by atoms with van der Waals surface area (Å²) in [6.07, 6.45) is 0. The van der Waals surface area contributed by atoms with Crippen LogP contribution in [0.4, 0.5) is 15.8 Å². The van der Waals surface area contributed by atoms with Crippen LogP contribution in [0.3, 0.4) is 0 Å². The number of nitrogens with one attached hydrogen (secondary N) is 1. The van der Waals surface area contributed by atoms with Crippen molar-refractivity contribution in [2.24, 2.45) is 0 Å². The zero-order chi connectivity index (χ0) is 14.0. The first kappa shape index (κ1) is 13.5. The summed E-state index contributed by atoms with van der Waals surface area (Å²) in [6, 6.07) is 9.53. The number of rotatable bonds is 2. The molecule has 0 spiro atoms. The fourth-order valence-corrected chi connectivity index (χ4v) is 1.99. The fourth-order valence-electron chi connectivity index (χ4n) is 1.66. The van der Waals surface area contributed by atoms with Gasteiger partial charge < -0.3 is 11.1 Å².